The Kier molecular flexibility index (Phi) is 3.67. The lowest BCUT2D eigenvalue weighted by atomic mass is 9.95. The summed E-state index contributed by atoms with van der Waals surface area (Å²) in [6, 6.07) is 6.17. The van der Waals surface area contributed by atoms with E-state index in [0.717, 1.165) is 23.8 Å². The van der Waals surface area contributed by atoms with E-state index in [-0.39, 0.29) is 0 Å². The van der Waals surface area contributed by atoms with Crippen LogP contribution in [-0.2, 0) is 6.42 Å². The van der Waals surface area contributed by atoms with Gasteiger partial charge in [-0.3, -0.25) is 0 Å². The van der Waals surface area contributed by atoms with Crippen LogP contribution in [0.5, 0.6) is 11.5 Å². The maximum absolute atomic E-state index is 5.29. The molecule has 3 nitrogen and oxygen atoms in total. The van der Waals surface area contributed by atoms with Gasteiger partial charge in [-0.15, -0.1) is 0 Å². The van der Waals surface area contributed by atoms with E-state index >= 15 is 0 Å². The van der Waals surface area contributed by atoms with E-state index in [1.165, 1.54) is 25.1 Å². The molecule has 1 saturated heterocycles. The molecular weight excluding hydrogens is 202 g/mol. The van der Waals surface area contributed by atoms with Crippen molar-refractivity contribution in [2.45, 2.75) is 12.8 Å². The minimum absolute atomic E-state index is 0.802. The van der Waals surface area contributed by atoms with Gasteiger partial charge in [-0.25, -0.2) is 0 Å². The van der Waals surface area contributed by atoms with Crippen LogP contribution in [0.1, 0.15) is 12.0 Å². The first-order chi connectivity index (χ1) is 7.83. The van der Waals surface area contributed by atoms with Gasteiger partial charge in [0.25, 0.3) is 0 Å². The van der Waals surface area contributed by atoms with Crippen LogP contribution in [0.4, 0.5) is 0 Å². The van der Waals surface area contributed by atoms with Crippen LogP contribution in [0.3, 0.4) is 0 Å². The van der Waals surface area contributed by atoms with Crippen molar-refractivity contribution in [1.82, 2.24) is 5.32 Å². The maximum Gasteiger partial charge on any atom is 0.160 e. The van der Waals surface area contributed by atoms with Crippen molar-refractivity contribution in [3.63, 3.8) is 0 Å². The van der Waals surface area contributed by atoms with Crippen LogP contribution in [0.2, 0.25) is 0 Å². The van der Waals surface area contributed by atoms with Crippen molar-refractivity contribution in [2.75, 3.05) is 27.3 Å². The highest BCUT2D eigenvalue weighted by atomic mass is 16.5. The van der Waals surface area contributed by atoms with Crippen LogP contribution in [-0.4, -0.2) is 27.3 Å². The minimum atomic E-state index is 0.802. The summed E-state index contributed by atoms with van der Waals surface area (Å²) in [6.07, 6.45) is 2.37. The second-order valence-corrected chi connectivity index (χ2v) is 4.25. The monoisotopic (exact) mass is 221 g/mol. The highest BCUT2D eigenvalue weighted by Crippen LogP contribution is 2.28. The van der Waals surface area contributed by atoms with Crippen molar-refractivity contribution in [2.24, 2.45) is 5.92 Å². The van der Waals surface area contributed by atoms with Gasteiger partial charge in [-0.05, 0) is 49.5 Å². The number of nitrogens with one attached hydrogen (secondary N) is 1. The number of ether oxygens (including phenoxy) is 2. The molecule has 16 heavy (non-hydrogen) atoms. The van der Waals surface area contributed by atoms with Gasteiger partial charge >= 0.3 is 0 Å². The zero-order chi connectivity index (χ0) is 11.4. The number of methoxy groups -OCH3 is 2. The fourth-order valence-corrected chi connectivity index (χ4v) is 1.96. The molecule has 0 spiro atoms. The van der Waals surface area contributed by atoms with Gasteiger partial charge in [-0.1, -0.05) is 6.07 Å². The zero-order valence-electron chi connectivity index (χ0n) is 9.95. The second-order valence-electron chi connectivity index (χ2n) is 4.25. The molecule has 1 fully saturated rings. The first-order valence-electron chi connectivity index (χ1n) is 5.75. The largest absolute Gasteiger partial charge is 0.493 e. The third kappa shape index (κ3) is 2.47. The quantitative estimate of drug-likeness (QED) is 0.823. The van der Waals surface area contributed by atoms with Crippen molar-refractivity contribution in [3.05, 3.63) is 23.8 Å². The second kappa shape index (κ2) is 5.21. The summed E-state index contributed by atoms with van der Waals surface area (Å²) in [6.45, 7) is 2.35. The number of benzene rings is 1. The predicted octanol–water partition coefficient (Wildman–Crippen LogP) is 1.86. The molecule has 1 aromatic carbocycles. The van der Waals surface area contributed by atoms with Crippen LogP contribution >= 0.6 is 0 Å². The van der Waals surface area contributed by atoms with Crippen molar-refractivity contribution >= 4 is 0 Å². The van der Waals surface area contributed by atoms with Crippen molar-refractivity contribution in [3.8, 4) is 11.5 Å². The van der Waals surface area contributed by atoms with Crippen LogP contribution in [0.25, 0.3) is 0 Å². The van der Waals surface area contributed by atoms with Gasteiger partial charge < -0.3 is 14.8 Å². The van der Waals surface area contributed by atoms with E-state index in [1.807, 2.05) is 6.07 Å². The highest BCUT2D eigenvalue weighted by Gasteiger charge is 2.16. The Balaban J connectivity index is 1.97. The molecule has 0 aliphatic carbocycles. The third-order valence-corrected chi connectivity index (χ3v) is 3.16. The summed E-state index contributed by atoms with van der Waals surface area (Å²) in [7, 11) is 3.34. The fraction of sp³-hybridized carbons (Fsp3) is 0.538. The smallest absolute Gasteiger partial charge is 0.160 e. The van der Waals surface area contributed by atoms with Crippen LogP contribution < -0.4 is 14.8 Å². The summed E-state index contributed by atoms with van der Waals surface area (Å²) in [5, 5.41) is 3.29. The van der Waals surface area contributed by atoms with E-state index in [9.17, 15) is 0 Å². The van der Waals surface area contributed by atoms with E-state index in [0.29, 0.717) is 0 Å². The lowest BCUT2D eigenvalue weighted by Crippen LogP contribution is -2.42. The molecule has 1 heterocycles. The van der Waals surface area contributed by atoms with E-state index in [1.54, 1.807) is 14.2 Å². The molecule has 0 bridgehead atoms. The molecule has 0 aromatic heterocycles. The standard InChI is InChI=1S/C13H19NO2/c1-15-12-6-5-10(7-13(12)16-2)3-4-11-8-14-9-11/h5-7,11,14H,3-4,8-9H2,1-2H3. The topological polar surface area (TPSA) is 30.5 Å². The zero-order valence-corrected chi connectivity index (χ0v) is 9.95. The Bertz CT molecular complexity index is 348. The van der Waals surface area contributed by atoms with Gasteiger partial charge in [0, 0.05) is 0 Å². The van der Waals surface area contributed by atoms with Gasteiger partial charge in [-0.2, -0.15) is 0 Å². The highest BCUT2D eigenvalue weighted by molar-refractivity contribution is 5.42. The first-order valence-corrected chi connectivity index (χ1v) is 5.75. The fourth-order valence-electron chi connectivity index (χ4n) is 1.96. The number of aryl methyl sites for hydroxylation is 1. The molecule has 88 valence electrons. The average Bonchev–Trinajstić information content (AvgIpc) is 2.26. The Morgan fingerprint density at radius 3 is 2.50 bits per heavy atom. The number of hydrogen-bond donors (Lipinski definition) is 1. The molecular formula is C13H19NO2. The molecule has 1 aliphatic heterocycles. The summed E-state index contributed by atoms with van der Waals surface area (Å²) in [4.78, 5) is 0. The third-order valence-electron chi connectivity index (χ3n) is 3.16. The van der Waals surface area contributed by atoms with Gasteiger partial charge in [0.05, 0.1) is 14.2 Å². The Labute approximate surface area is 96.8 Å². The maximum atomic E-state index is 5.29. The molecule has 1 aromatic rings. The van der Waals surface area contributed by atoms with Gasteiger partial charge in [0.15, 0.2) is 11.5 Å². The molecule has 2 rings (SSSR count). The first kappa shape index (κ1) is 11.3. The molecule has 1 N–H and O–H groups in total. The Morgan fingerprint density at radius 1 is 1.19 bits per heavy atom. The van der Waals surface area contributed by atoms with Crippen molar-refractivity contribution in [1.29, 1.82) is 0 Å². The van der Waals surface area contributed by atoms with Crippen LogP contribution in [0, 0.1) is 5.92 Å². The summed E-state index contributed by atoms with van der Waals surface area (Å²) in [5.41, 5.74) is 1.32. The normalized spacial score (nSPS) is 15.6. The minimum Gasteiger partial charge on any atom is -0.493 e. The molecule has 3 heteroatoms. The molecule has 1 aliphatic rings. The number of rotatable bonds is 5. The molecule has 0 atom stereocenters. The lowest BCUT2D eigenvalue weighted by molar-refractivity contribution is 0.327. The molecule has 0 amide bonds. The van der Waals surface area contributed by atoms with E-state index in [4.69, 9.17) is 9.47 Å². The molecule has 0 saturated carbocycles. The predicted molar refractivity (Wildman–Crippen MR) is 64.2 cm³/mol. The van der Waals surface area contributed by atoms with Gasteiger partial charge in [0.1, 0.15) is 0 Å². The summed E-state index contributed by atoms with van der Waals surface area (Å²) >= 11 is 0. The van der Waals surface area contributed by atoms with Crippen molar-refractivity contribution < 1.29 is 9.47 Å². The SMILES string of the molecule is COc1ccc(CCC2CNC2)cc1OC. The van der Waals surface area contributed by atoms with Crippen LogP contribution in [0.15, 0.2) is 18.2 Å². The molecule has 0 unspecified atom stereocenters. The lowest BCUT2D eigenvalue weighted by Gasteiger charge is -2.27. The molecule has 0 radical (unpaired) electrons. The summed E-state index contributed by atoms with van der Waals surface area (Å²) in [5.74, 6) is 2.48. The Morgan fingerprint density at radius 2 is 1.94 bits per heavy atom. The van der Waals surface area contributed by atoms with E-state index in [2.05, 4.69) is 17.4 Å². The Hall–Kier alpha value is -1.22. The average molecular weight is 221 g/mol. The van der Waals surface area contributed by atoms with Gasteiger partial charge in [0.2, 0.25) is 0 Å². The number of hydrogen-bond acceptors (Lipinski definition) is 3. The summed E-state index contributed by atoms with van der Waals surface area (Å²) < 4.78 is 10.5. The van der Waals surface area contributed by atoms with E-state index < -0.39 is 0 Å².